The van der Waals surface area contributed by atoms with E-state index < -0.39 is 10.0 Å². The number of pyridine rings is 1. The second kappa shape index (κ2) is 6.93. The summed E-state index contributed by atoms with van der Waals surface area (Å²) in [6.45, 7) is 2.74. The number of hydrogen-bond acceptors (Lipinski definition) is 4. The van der Waals surface area contributed by atoms with Crippen LogP contribution in [0.15, 0.2) is 22.8 Å². The van der Waals surface area contributed by atoms with Crippen molar-refractivity contribution in [3.63, 3.8) is 0 Å². The van der Waals surface area contributed by atoms with Crippen LogP contribution in [0.25, 0.3) is 0 Å². The van der Waals surface area contributed by atoms with E-state index >= 15 is 0 Å². The lowest BCUT2D eigenvalue weighted by Gasteiger charge is -2.06. The van der Waals surface area contributed by atoms with Gasteiger partial charge in [0, 0.05) is 23.8 Å². The molecule has 2 N–H and O–H groups in total. The predicted molar refractivity (Wildman–Crippen MR) is 72.5 cm³/mol. The number of anilines is 1. The maximum Gasteiger partial charge on any atom is 0.211 e. The van der Waals surface area contributed by atoms with Crippen LogP contribution in [-0.2, 0) is 10.0 Å². The normalized spacial score (nSPS) is 11.4. The Morgan fingerprint density at radius 2 is 2.12 bits per heavy atom. The molecule has 0 bridgehead atoms. The molecule has 17 heavy (non-hydrogen) atoms. The quantitative estimate of drug-likeness (QED) is 0.748. The molecule has 0 aliphatic heterocycles. The molecule has 0 unspecified atom stereocenters. The monoisotopic (exact) mass is 321 g/mol. The first kappa shape index (κ1) is 14.4. The Kier molecular flexibility index (Phi) is 5.87. The van der Waals surface area contributed by atoms with Gasteiger partial charge in [-0.15, -0.1) is 0 Å². The highest BCUT2D eigenvalue weighted by Gasteiger charge is 2.03. The van der Waals surface area contributed by atoms with Crippen molar-refractivity contribution in [1.29, 1.82) is 0 Å². The summed E-state index contributed by atoms with van der Waals surface area (Å²) in [5, 5.41) is 3.11. The average Bonchev–Trinajstić information content (AvgIpc) is 2.31. The van der Waals surface area contributed by atoms with Crippen LogP contribution in [0.3, 0.4) is 0 Å². The molecule has 0 saturated heterocycles. The molecule has 0 aliphatic rings. The van der Waals surface area contributed by atoms with Crippen molar-refractivity contribution in [1.82, 2.24) is 9.71 Å². The summed E-state index contributed by atoms with van der Waals surface area (Å²) < 4.78 is 25.7. The Morgan fingerprint density at radius 3 is 2.71 bits per heavy atom. The van der Waals surface area contributed by atoms with Gasteiger partial charge in [0.15, 0.2) is 0 Å². The molecule has 1 rings (SSSR count). The van der Waals surface area contributed by atoms with Crippen molar-refractivity contribution in [2.24, 2.45) is 0 Å². The molecule has 0 aliphatic carbocycles. The minimum absolute atomic E-state index is 0.120. The molecule has 0 spiro atoms. The summed E-state index contributed by atoms with van der Waals surface area (Å²) in [6, 6.07) is 3.76. The Labute approximate surface area is 110 Å². The Hall–Kier alpha value is -0.660. The minimum Gasteiger partial charge on any atom is -0.370 e. The highest BCUT2D eigenvalue weighted by atomic mass is 79.9. The second-order valence-corrected chi connectivity index (χ2v) is 6.45. The predicted octanol–water partition coefficient (Wildman–Crippen LogP) is 1.59. The van der Waals surface area contributed by atoms with Crippen molar-refractivity contribution in [3.05, 3.63) is 22.8 Å². The maximum atomic E-state index is 11.1. The van der Waals surface area contributed by atoms with Crippen LogP contribution in [-0.4, -0.2) is 32.2 Å². The van der Waals surface area contributed by atoms with E-state index in [-0.39, 0.29) is 5.75 Å². The van der Waals surface area contributed by atoms with Crippen molar-refractivity contribution >= 4 is 31.8 Å². The van der Waals surface area contributed by atoms with Gasteiger partial charge in [0.2, 0.25) is 10.0 Å². The highest BCUT2D eigenvalue weighted by molar-refractivity contribution is 9.10. The molecule has 1 aromatic rings. The molecule has 0 radical (unpaired) electrons. The van der Waals surface area contributed by atoms with Gasteiger partial charge in [-0.2, -0.15) is 0 Å². The Bertz CT molecular complexity index is 433. The highest BCUT2D eigenvalue weighted by Crippen LogP contribution is 2.10. The molecule has 0 amide bonds. The van der Waals surface area contributed by atoms with Crippen molar-refractivity contribution in [2.45, 2.75) is 13.3 Å². The molecule has 0 fully saturated rings. The molecule has 96 valence electrons. The number of rotatable bonds is 7. The largest absolute Gasteiger partial charge is 0.370 e. The summed E-state index contributed by atoms with van der Waals surface area (Å²) in [5.41, 5.74) is 0. The fourth-order valence-corrected chi connectivity index (χ4v) is 2.01. The third-order valence-electron chi connectivity index (χ3n) is 2.09. The van der Waals surface area contributed by atoms with Crippen LogP contribution in [0.2, 0.25) is 0 Å². The van der Waals surface area contributed by atoms with E-state index in [0.29, 0.717) is 13.1 Å². The van der Waals surface area contributed by atoms with E-state index in [0.717, 1.165) is 16.7 Å². The molecule has 0 saturated carbocycles. The minimum atomic E-state index is -3.07. The molecule has 0 atom stereocenters. The Balaban J connectivity index is 2.19. The zero-order valence-electron chi connectivity index (χ0n) is 9.61. The lowest BCUT2D eigenvalue weighted by molar-refractivity contribution is 0.581. The van der Waals surface area contributed by atoms with Gasteiger partial charge >= 0.3 is 0 Å². The van der Waals surface area contributed by atoms with E-state index in [1.807, 2.05) is 12.1 Å². The van der Waals surface area contributed by atoms with Gasteiger partial charge in [-0.3, -0.25) is 0 Å². The van der Waals surface area contributed by atoms with Crippen LogP contribution in [0.4, 0.5) is 5.82 Å². The number of nitrogens with zero attached hydrogens (tertiary/aromatic N) is 1. The van der Waals surface area contributed by atoms with Crippen molar-refractivity contribution in [2.75, 3.05) is 24.2 Å². The van der Waals surface area contributed by atoms with Crippen molar-refractivity contribution < 1.29 is 8.42 Å². The first-order valence-corrected chi connectivity index (χ1v) is 7.81. The van der Waals surface area contributed by atoms with Gasteiger partial charge in [-0.05, 0) is 41.4 Å². The smallest absolute Gasteiger partial charge is 0.211 e. The molecule has 7 heteroatoms. The van der Waals surface area contributed by atoms with Crippen LogP contribution < -0.4 is 10.0 Å². The van der Waals surface area contributed by atoms with Gasteiger partial charge in [0.05, 0.1) is 5.75 Å². The lowest BCUT2D eigenvalue weighted by atomic mass is 10.4. The molecule has 1 heterocycles. The lowest BCUT2D eigenvalue weighted by Crippen LogP contribution is -2.27. The van der Waals surface area contributed by atoms with Gasteiger partial charge in [-0.1, -0.05) is 0 Å². The van der Waals surface area contributed by atoms with Gasteiger partial charge in [0.1, 0.15) is 5.82 Å². The number of aromatic nitrogens is 1. The fraction of sp³-hybridized carbons (Fsp3) is 0.500. The summed E-state index contributed by atoms with van der Waals surface area (Å²) in [6.07, 6.45) is 2.43. The van der Waals surface area contributed by atoms with Crippen LogP contribution in [0.1, 0.15) is 13.3 Å². The number of nitrogens with one attached hydrogen (secondary N) is 2. The van der Waals surface area contributed by atoms with Gasteiger partial charge in [-0.25, -0.2) is 18.1 Å². The second-order valence-electron chi connectivity index (χ2n) is 3.44. The first-order valence-electron chi connectivity index (χ1n) is 5.36. The molecular weight excluding hydrogens is 306 g/mol. The topological polar surface area (TPSA) is 71.1 Å². The van der Waals surface area contributed by atoms with Gasteiger partial charge in [0.25, 0.3) is 0 Å². The van der Waals surface area contributed by atoms with Crippen LogP contribution in [0, 0.1) is 0 Å². The summed E-state index contributed by atoms with van der Waals surface area (Å²) in [5.74, 6) is 0.904. The molecular formula is C10H16BrN3O2S. The Morgan fingerprint density at radius 1 is 1.35 bits per heavy atom. The maximum absolute atomic E-state index is 11.1. The van der Waals surface area contributed by atoms with E-state index in [2.05, 4.69) is 31.0 Å². The van der Waals surface area contributed by atoms with Gasteiger partial charge < -0.3 is 5.32 Å². The standard InChI is InChI=1S/C10H16BrN3O2S/c1-2-17(15,16)14-7-3-6-12-10-5-4-9(11)8-13-10/h4-5,8,14H,2-3,6-7H2,1H3,(H,12,13). The molecule has 5 nitrogen and oxygen atoms in total. The summed E-state index contributed by atoms with van der Waals surface area (Å²) >= 11 is 3.30. The molecule has 0 aromatic carbocycles. The van der Waals surface area contributed by atoms with Crippen molar-refractivity contribution in [3.8, 4) is 0 Å². The third kappa shape index (κ3) is 5.99. The van der Waals surface area contributed by atoms with E-state index in [1.54, 1.807) is 13.1 Å². The number of hydrogen-bond donors (Lipinski definition) is 2. The average molecular weight is 322 g/mol. The number of halogens is 1. The zero-order valence-corrected chi connectivity index (χ0v) is 12.0. The summed E-state index contributed by atoms with van der Waals surface area (Å²) in [4.78, 5) is 4.14. The van der Waals surface area contributed by atoms with E-state index in [4.69, 9.17) is 0 Å². The van der Waals surface area contributed by atoms with E-state index in [1.165, 1.54) is 0 Å². The SMILES string of the molecule is CCS(=O)(=O)NCCCNc1ccc(Br)cn1. The zero-order chi connectivity index (χ0) is 12.7. The number of sulfonamides is 1. The fourth-order valence-electron chi connectivity index (χ4n) is 1.11. The van der Waals surface area contributed by atoms with Crippen LogP contribution >= 0.6 is 15.9 Å². The van der Waals surface area contributed by atoms with Crippen LogP contribution in [0.5, 0.6) is 0 Å². The van der Waals surface area contributed by atoms with E-state index in [9.17, 15) is 8.42 Å². The summed E-state index contributed by atoms with van der Waals surface area (Å²) in [7, 11) is -3.07. The third-order valence-corrected chi connectivity index (χ3v) is 3.96. The first-order chi connectivity index (χ1) is 8.03. The molecule has 1 aromatic heterocycles.